The Balaban J connectivity index is 1.86. The maximum Gasteiger partial charge on any atom is 0.259 e. The number of aromatic nitrogens is 2. The van der Waals surface area contributed by atoms with Crippen LogP contribution in [0.4, 0.5) is 15.8 Å². The predicted molar refractivity (Wildman–Crippen MR) is 102 cm³/mol. The number of rotatable bonds is 4. The maximum atomic E-state index is 13.1. The van der Waals surface area contributed by atoms with Gasteiger partial charge in [0.2, 0.25) is 5.91 Å². The zero-order valence-electron chi connectivity index (χ0n) is 15.2. The van der Waals surface area contributed by atoms with Crippen LogP contribution in [-0.2, 0) is 4.79 Å². The summed E-state index contributed by atoms with van der Waals surface area (Å²) in [6.07, 6.45) is 1.47. The zero-order valence-corrected chi connectivity index (χ0v) is 15.2. The number of benzene rings is 2. The lowest BCUT2D eigenvalue weighted by molar-refractivity contribution is -0.114. The van der Waals surface area contributed by atoms with Crippen molar-refractivity contribution < 1.29 is 14.0 Å². The van der Waals surface area contributed by atoms with E-state index in [0.717, 1.165) is 5.56 Å². The Kier molecular flexibility index (Phi) is 5.03. The molecule has 0 saturated carbocycles. The second-order valence-corrected chi connectivity index (χ2v) is 6.15. The first-order chi connectivity index (χ1) is 12.9. The number of nitrogens with one attached hydrogen (secondary N) is 2. The summed E-state index contributed by atoms with van der Waals surface area (Å²) in [4.78, 5) is 24.0. The molecule has 1 heterocycles. The van der Waals surface area contributed by atoms with Gasteiger partial charge in [0.25, 0.3) is 5.91 Å². The van der Waals surface area contributed by atoms with E-state index >= 15 is 0 Å². The minimum Gasteiger partial charge on any atom is -0.326 e. The van der Waals surface area contributed by atoms with Crippen LogP contribution in [0.1, 0.15) is 28.5 Å². The number of hydrogen-bond donors (Lipinski definition) is 2. The summed E-state index contributed by atoms with van der Waals surface area (Å²) >= 11 is 0. The van der Waals surface area contributed by atoms with Crippen LogP contribution in [0.2, 0.25) is 0 Å². The van der Waals surface area contributed by atoms with Crippen molar-refractivity contribution in [1.29, 1.82) is 0 Å². The summed E-state index contributed by atoms with van der Waals surface area (Å²) < 4.78 is 14.7. The highest BCUT2D eigenvalue weighted by Crippen LogP contribution is 2.24. The molecule has 3 rings (SSSR count). The summed E-state index contributed by atoms with van der Waals surface area (Å²) in [5.41, 5.74) is 3.69. The molecule has 1 aromatic heterocycles. The third-order valence-corrected chi connectivity index (χ3v) is 4.22. The summed E-state index contributed by atoms with van der Waals surface area (Å²) in [7, 11) is 0. The number of hydrogen-bond acceptors (Lipinski definition) is 3. The molecule has 6 nitrogen and oxygen atoms in total. The molecule has 0 saturated heterocycles. The van der Waals surface area contributed by atoms with E-state index in [1.54, 1.807) is 41.9 Å². The Labute approximate surface area is 156 Å². The molecule has 7 heteroatoms. The van der Waals surface area contributed by atoms with Gasteiger partial charge in [-0.25, -0.2) is 9.07 Å². The summed E-state index contributed by atoms with van der Waals surface area (Å²) in [5.74, 6) is -0.835. The van der Waals surface area contributed by atoms with E-state index in [2.05, 4.69) is 15.7 Å². The highest BCUT2D eigenvalue weighted by molar-refractivity contribution is 6.06. The van der Waals surface area contributed by atoms with Gasteiger partial charge in [0, 0.05) is 18.3 Å². The Bertz CT molecular complexity index is 1010. The quantitative estimate of drug-likeness (QED) is 0.737. The van der Waals surface area contributed by atoms with Gasteiger partial charge in [-0.2, -0.15) is 5.10 Å². The molecule has 138 valence electrons. The highest BCUT2D eigenvalue weighted by Gasteiger charge is 2.17. The van der Waals surface area contributed by atoms with Crippen LogP contribution in [0.3, 0.4) is 0 Å². The lowest BCUT2D eigenvalue weighted by Gasteiger charge is -2.12. The number of carbonyl (C=O) groups is 2. The van der Waals surface area contributed by atoms with E-state index in [4.69, 9.17) is 0 Å². The van der Waals surface area contributed by atoms with Gasteiger partial charge in [-0.1, -0.05) is 6.07 Å². The van der Waals surface area contributed by atoms with Crippen molar-refractivity contribution in [3.8, 4) is 5.69 Å². The molecule has 0 spiro atoms. The lowest BCUT2D eigenvalue weighted by Crippen LogP contribution is -2.15. The van der Waals surface area contributed by atoms with Gasteiger partial charge < -0.3 is 10.6 Å². The molecule has 0 aliphatic carbocycles. The van der Waals surface area contributed by atoms with Gasteiger partial charge in [-0.15, -0.1) is 0 Å². The van der Waals surface area contributed by atoms with E-state index in [1.165, 1.54) is 25.3 Å². The van der Waals surface area contributed by atoms with Crippen LogP contribution in [-0.4, -0.2) is 21.6 Å². The fraction of sp³-hybridized carbons (Fsp3) is 0.150. The fourth-order valence-corrected chi connectivity index (χ4v) is 2.76. The van der Waals surface area contributed by atoms with Gasteiger partial charge in [-0.3, -0.25) is 9.59 Å². The Hall–Kier alpha value is -3.48. The smallest absolute Gasteiger partial charge is 0.259 e. The first-order valence-corrected chi connectivity index (χ1v) is 8.36. The summed E-state index contributed by atoms with van der Waals surface area (Å²) in [6, 6.07) is 11.2. The van der Waals surface area contributed by atoms with Gasteiger partial charge in [0.05, 0.1) is 23.1 Å². The number of nitrogens with zero attached hydrogens (tertiary/aromatic N) is 2. The Morgan fingerprint density at radius 3 is 2.26 bits per heavy atom. The third-order valence-electron chi connectivity index (χ3n) is 4.22. The molecule has 0 unspecified atom stereocenters. The molecule has 0 atom stereocenters. The van der Waals surface area contributed by atoms with E-state index < -0.39 is 0 Å². The van der Waals surface area contributed by atoms with Crippen molar-refractivity contribution in [2.75, 3.05) is 10.6 Å². The predicted octanol–water partition coefficient (Wildman–Crippen LogP) is 3.84. The van der Waals surface area contributed by atoms with Crippen molar-refractivity contribution in [1.82, 2.24) is 9.78 Å². The monoisotopic (exact) mass is 366 g/mol. The van der Waals surface area contributed by atoms with E-state index in [9.17, 15) is 14.0 Å². The van der Waals surface area contributed by atoms with E-state index in [1.807, 2.05) is 6.92 Å². The van der Waals surface area contributed by atoms with Crippen LogP contribution in [0.25, 0.3) is 5.69 Å². The molecular formula is C20H19FN4O2. The molecule has 0 aliphatic rings. The van der Waals surface area contributed by atoms with Crippen LogP contribution in [0.15, 0.2) is 48.7 Å². The third kappa shape index (κ3) is 3.87. The standard InChI is InChI=1S/C20H19FN4O2/c1-12-18(23-14(3)26)5-4-6-19(12)24-20(27)17-11-22-25(13(17)2)16-9-7-15(21)8-10-16/h4-11H,1-3H3,(H,23,26)(H,24,27). The molecule has 0 fully saturated rings. The van der Waals surface area contributed by atoms with Crippen LogP contribution < -0.4 is 10.6 Å². The minimum absolute atomic E-state index is 0.182. The summed E-state index contributed by atoms with van der Waals surface area (Å²) in [5, 5.41) is 9.82. The molecule has 27 heavy (non-hydrogen) atoms. The zero-order chi connectivity index (χ0) is 19.6. The molecule has 2 aromatic carbocycles. The van der Waals surface area contributed by atoms with Crippen molar-refractivity contribution in [2.24, 2.45) is 0 Å². The van der Waals surface area contributed by atoms with Crippen molar-refractivity contribution in [2.45, 2.75) is 20.8 Å². The Morgan fingerprint density at radius 1 is 1.00 bits per heavy atom. The fourth-order valence-electron chi connectivity index (χ4n) is 2.76. The minimum atomic E-state index is -0.337. The van der Waals surface area contributed by atoms with Crippen LogP contribution in [0, 0.1) is 19.7 Å². The molecule has 2 amide bonds. The SMILES string of the molecule is CC(=O)Nc1cccc(NC(=O)c2cnn(-c3ccc(F)cc3)c2C)c1C. The van der Waals surface area contributed by atoms with E-state index in [0.29, 0.717) is 28.3 Å². The molecular weight excluding hydrogens is 347 g/mol. The van der Waals surface area contributed by atoms with Crippen LogP contribution >= 0.6 is 0 Å². The van der Waals surface area contributed by atoms with Gasteiger partial charge >= 0.3 is 0 Å². The number of carbonyl (C=O) groups excluding carboxylic acids is 2. The normalized spacial score (nSPS) is 10.5. The number of anilines is 2. The highest BCUT2D eigenvalue weighted by atomic mass is 19.1. The van der Waals surface area contributed by atoms with Crippen molar-refractivity contribution in [3.63, 3.8) is 0 Å². The largest absolute Gasteiger partial charge is 0.326 e. The molecule has 0 aliphatic heterocycles. The summed E-state index contributed by atoms with van der Waals surface area (Å²) in [6.45, 7) is 5.01. The number of halogens is 1. The van der Waals surface area contributed by atoms with Crippen LogP contribution in [0.5, 0.6) is 0 Å². The maximum absolute atomic E-state index is 13.1. The molecule has 0 radical (unpaired) electrons. The average Bonchev–Trinajstić information content (AvgIpc) is 3.00. The average molecular weight is 366 g/mol. The first-order valence-electron chi connectivity index (χ1n) is 8.36. The Morgan fingerprint density at radius 2 is 1.63 bits per heavy atom. The molecule has 3 aromatic rings. The second-order valence-electron chi connectivity index (χ2n) is 6.15. The lowest BCUT2D eigenvalue weighted by atomic mass is 10.1. The molecule has 0 bridgehead atoms. The topological polar surface area (TPSA) is 76.0 Å². The van der Waals surface area contributed by atoms with Crippen molar-refractivity contribution >= 4 is 23.2 Å². The van der Waals surface area contributed by atoms with Gasteiger partial charge in [-0.05, 0) is 55.8 Å². The second kappa shape index (κ2) is 7.41. The van der Waals surface area contributed by atoms with Gasteiger partial charge in [0.1, 0.15) is 5.82 Å². The van der Waals surface area contributed by atoms with E-state index in [-0.39, 0.29) is 17.6 Å². The molecule has 2 N–H and O–H groups in total. The van der Waals surface area contributed by atoms with Gasteiger partial charge in [0.15, 0.2) is 0 Å². The van der Waals surface area contributed by atoms with Crippen molar-refractivity contribution in [3.05, 3.63) is 71.3 Å². The number of amides is 2. The first kappa shape index (κ1) is 18.3.